The second-order valence-corrected chi connectivity index (χ2v) is 15.5. The molecule has 12 rings (SSSR count). The van der Waals surface area contributed by atoms with E-state index in [2.05, 4.69) is 163 Å². The lowest BCUT2D eigenvalue weighted by molar-refractivity contribution is 0.665. The molecule has 0 saturated carbocycles. The fourth-order valence-corrected chi connectivity index (χ4v) is 10.00. The molecule has 5 heteroatoms. The van der Waals surface area contributed by atoms with Crippen molar-refractivity contribution in [1.82, 2.24) is 5.32 Å². The molecule has 1 aliphatic heterocycles. The number of hydrogen-bond acceptors (Lipinski definition) is 5. The Morgan fingerprint density at radius 2 is 1.02 bits per heavy atom. The van der Waals surface area contributed by atoms with Crippen LogP contribution in [0.5, 0.6) is 0 Å². The third-order valence-corrected chi connectivity index (χ3v) is 12.6. The van der Waals surface area contributed by atoms with Crippen LogP contribution in [0.1, 0.15) is 22.9 Å². The number of aliphatic imine (C=N–C) groups is 2. The lowest BCUT2D eigenvalue weighted by Crippen LogP contribution is -2.33. The first-order chi connectivity index (χ1) is 27.8. The second-order valence-electron chi connectivity index (χ2n) is 14.5. The molecule has 4 nitrogen and oxygen atoms in total. The summed E-state index contributed by atoms with van der Waals surface area (Å²) in [7, 11) is 0. The van der Waals surface area contributed by atoms with Crippen LogP contribution < -0.4 is 5.32 Å². The Balaban J connectivity index is 1.05. The minimum absolute atomic E-state index is 0.354. The summed E-state index contributed by atoms with van der Waals surface area (Å²) < 4.78 is 9.51. The summed E-state index contributed by atoms with van der Waals surface area (Å²) in [5, 5.41) is 15.9. The highest BCUT2D eigenvalue weighted by molar-refractivity contribution is 7.26. The van der Waals surface area contributed by atoms with Crippen molar-refractivity contribution in [2.45, 2.75) is 6.17 Å². The van der Waals surface area contributed by atoms with Crippen LogP contribution in [0.25, 0.3) is 85.6 Å². The second kappa shape index (κ2) is 12.2. The molecule has 1 unspecified atom stereocenters. The van der Waals surface area contributed by atoms with Gasteiger partial charge in [0, 0.05) is 47.6 Å². The molecule has 0 aliphatic carbocycles. The van der Waals surface area contributed by atoms with Crippen LogP contribution in [0.15, 0.2) is 190 Å². The Bertz CT molecular complexity index is 3430. The third-order valence-electron chi connectivity index (χ3n) is 11.3. The molecule has 0 amide bonds. The topological polar surface area (TPSA) is 49.9 Å². The van der Waals surface area contributed by atoms with E-state index in [0.29, 0.717) is 5.84 Å². The van der Waals surface area contributed by atoms with Crippen LogP contribution in [-0.4, -0.2) is 11.7 Å². The summed E-state index contributed by atoms with van der Waals surface area (Å²) in [4.78, 5) is 10.6. The van der Waals surface area contributed by atoms with Gasteiger partial charge in [-0.05, 0) is 56.1 Å². The Morgan fingerprint density at radius 3 is 1.77 bits per heavy atom. The standard InChI is InChI=1S/C51H31N3OS/c1-2-13-30(14-3-1)49-52-50(54-51(53-49)43-25-12-23-41-38-19-8-9-26-45(38)56-48(41)43)42-24-11-22-40-39-21-10-20-32(46(39)55-47(40)42)31-27-28-37-35-17-5-4-15-33(35)34-16-6-7-18-36(34)44(37)29-31/h1-29,51H,(H,52,53,54). The maximum absolute atomic E-state index is 7.02. The number of para-hydroxylation sites is 2. The number of amidine groups is 2. The maximum Gasteiger partial charge on any atom is 0.163 e. The lowest BCUT2D eigenvalue weighted by atomic mass is 9.92. The Hall–Kier alpha value is -7.08. The molecule has 0 bridgehead atoms. The average Bonchev–Trinajstić information content (AvgIpc) is 3.85. The number of furan rings is 1. The van der Waals surface area contributed by atoms with Gasteiger partial charge in [0.1, 0.15) is 23.2 Å². The van der Waals surface area contributed by atoms with Crippen molar-refractivity contribution in [2.24, 2.45) is 9.98 Å². The third kappa shape index (κ3) is 4.71. The molecule has 56 heavy (non-hydrogen) atoms. The van der Waals surface area contributed by atoms with Crippen molar-refractivity contribution in [3.63, 3.8) is 0 Å². The largest absolute Gasteiger partial charge is 0.455 e. The van der Waals surface area contributed by atoms with Crippen LogP contribution >= 0.6 is 11.3 Å². The van der Waals surface area contributed by atoms with Crippen LogP contribution in [0.3, 0.4) is 0 Å². The zero-order valence-electron chi connectivity index (χ0n) is 30.0. The molecule has 9 aromatic carbocycles. The number of hydrogen-bond donors (Lipinski definition) is 1. The predicted octanol–water partition coefficient (Wildman–Crippen LogP) is 13.6. The Kier molecular flexibility index (Phi) is 6.83. The molecular weight excluding hydrogens is 703 g/mol. The fraction of sp³-hybridized carbons (Fsp3) is 0.0196. The van der Waals surface area contributed by atoms with Crippen LogP contribution in [0.4, 0.5) is 0 Å². The van der Waals surface area contributed by atoms with Gasteiger partial charge in [0.2, 0.25) is 0 Å². The molecule has 262 valence electrons. The molecule has 2 aromatic heterocycles. The van der Waals surface area contributed by atoms with Gasteiger partial charge >= 0.3 is 0 Å². The molecule has 11 aromatic rings. The van der Waals surface area contributed by atoms with E-state index in [1.165, 1.54) is 52.5 Å². The summed E-state index contributed by atoms with van der Waals surface area (Å²) in [5.74, 6) is 1.42. The van der Waals surface area contributed by atoms with Gasteiger partial charge in [-0.1, -0.05) is 158 Å². The van der Waals surface area contributed by atoms with E-state index in [0.717, 1.165) is 55.6 Å². The Labute approximate surface area is 325 Å². The van der Waals surface area contributed by atoms with E-state index in [-0.39, 0.29) is 6.17 Å². The monoisotopic (exact) mass is 733 g/mol. The minimum atomic E-state index is -0.354. The smallest absolute Gasteiger partial charge is 0.163 e. The van der Waals surface area contributed by atoms with Gasteiger partial charge in [-0.3, -0.25) is 0 Å². The van der Waals surface area contributed by atoms with Crippen molar-refractivity contribution in [3.05, 3.63) is 193 Å². The number of benzene rings is 9. The first-order valence-corrected chi connectivity index (χ1v) is 19.8. The SMILES string of the molecule is c1ccc(C2=NC(c3cccc4c3oc3c(-c5ccc6c7ccccc7c7ccccc7c6c5)cccc34)=NC(c3cccc4c3sc3ccccc34)N2)cc1. The van der Waals surface area contributed by atoms with Crippen LogP contribution in [0, 0.1) is 0 Å². The minimum Gasteiger partial charge on any atom is -0.455 e. The summed E-state index contributed by atoms with van der Waals surface area (Å²) in [6.45, 7) is 0. The maximum atomic E-state index is 7.02. The summed E-state index contributed by atoms with van der Waals surface area (Å²) in [6, 6.07) is 62.5. The Morgan fingerprint density at radius 1 is 0.446 bits per heavy atom. The fourth-order valence-electron chi connectivity index (χ4n) is 8.76. The van der Waals surface area contributed by atoms with Crippen LogP contribution in [0.2, 0.25) is 0 Å². The quantitative estimate of drug-likeness (QED) is 0.183. The average molecular weight is 734 g/mol. The highest BCUT2D eigenvalue weighted by Gasteiger charge is 2.26. The number of nitrogens with zero attached hydrogens (tertiary/aromatic N) is 2. The van der Waals surface area contributed by atoms with E-state index in [4.69, 9.17) is 14.4 Å². The zero-order valence-corrected chi connectivity index (χ0v) is 30.8. The van der Waals surface area contributed by atoms with Gasteiger partial charge in [-0.15, -0.1) is 11.3 Å². The summed E-state index contributed by atoms with van der Waals surface area (Å²) in [6.07, 6.45) is -0.354. The molecule has 1 aliphatic rings. The number of rotatable bonds is 4. The molecule has 3 heterocycles. The number of fused-ring (bicyclic) bond motifs is 12. The van der Waals surface area contributed by atoms with Gasteiger partial charge in [-0.2, -0.15) is 0 Å². The molecule has 1 atom stereocenters. The molecule has 0 spiro atoms. The van der Waals surface area contributed by atoms with E-state index in [1.807, 2.05) is 29.5 Å². The number of nitrogens with one attached hydrogen (secondary N) is 1. The molecule has 1 N–H and O–H groups in total. The first-order valence-electron chi connectivity index (χ1n) is 18.9. The van der Waals surface area contributed by atoms with Crippen LogP contribution in [-0.2, 0) is 0 Å². The number of thiophene rings is 1. The highest BCUT2D eigenvalue weighted by Crippen LogP contribution is 2.42. The van der Waals surface area contributed by atoms with Gasteiger partial charge in [0.25, 0.3) is 0 Å². The van der Waals surface area contributed by atoms with Gasteiger partial charge in [0.15, 0.2) is 5.84 Å². The van der Waals surface area contributed by atoms with Gasteiger partial charge in [0.05, 0.1) is 5.56 Å². The zero-order chi connectivity index (χ0) is 36.7. The highest BCUT2D eigenvalue weighted by atomic mass is 32.1. The first kappa shape index (κ1) is 31.3. The van der Waals surface area contributed by atoms with Crippen molar-refractivity contribution in [1.29, 1.82) is 0 Å². The molecule has 0 fully saturated rings. The van der Waals surface area contributed by atoms with E-state index in [9.17, 15) is 0 Å². The lowest BCUT2D eigenvalue weighted by Gasteiger charge is -2.24. The normalized spacial score (nSPS) is 14.6. The van der Waals surface area contributed by atoms with Crippen molar-refractivity contribution in [3.8, 4) is 11.1 Å². The van der Waals surface area contributed by atoms with E-state index < -0.39 is 0 Å². The van der Waals surface area contributed by atoms with E-state index >= 15 is 0 Å². The molecular formula is C51H31N3OS. The van der Waals surface area contributed by atoms with Crippen molar-refractivity contribution >= 4 is 97.4 Å². The van der Waals surface area contributed by atoms with Crippen molar-refractivity contribution in [2.75, 3.05) is 0 Å². The summed E-state index contributed by atoms with van der Waals surface area (Å²) in [5.41, 5.74) is 6.80. The van der Waals surface area contributed by atoms with Crippen molar-refractivity contribution < 1.29 is 4.42 Å². The molecule has 0 radical (unpaired) electrons. The van der Waals surface area contributed by atoms with Gasteiger partial charge < -0.3 is 9.73 Å². The predicted molar refractivity (Wildman–Crippen MR) is 236 cm³/mol. The molecule has 0 saturated heterocycles. The van der Waals surface area contributed by atoms with E-state index in [1.54, 1.807) is 0 Å². The van der Waals surface area contributed by atoms with Gasteiger partial charge in [-0.25, -0.2) is 9.98 Å². The summed E-state index contributed by atoms with van der Waals surface area (Å²) >= 11 is 1.81.